The minimum absolute atomic E-state index is 0.0833. The van der Waals surface area contributed by atoms with Gasteiger partial charge >= 0.3 is 0 Å². The maximum absolute atomic E-state index is 13.0. The Morgan fingerprint density at radius 3 is 2.10 bits per heavy atom. The molecule has 6 rings (SSSR count). The van der Waals surface area contributed by atoms with E-state index in [1.165, 1.54) is 50.7 Å². The Hall–Kier alpha value is -1.91. The van der Waals surface area contributed by atoms with Crippen LogP contribution in [0.15, 0.2) is 24.3 Å². The summed E-state index contributed by atoms with van der Waals surface area (Å²) in [6.45, 7) is 1.37. The average molecular weight is 413 g/mol. The third-order valence-electron chi connectivity index (χ3n) is 8.18. The van der Waals surface area contributed by atoms with Gasteiger partial charge in [-0.3, -0.25) is 9.59 Å². The second-order valence-corrected chi connectivity index (χ2v) is 10.6. The lowest BCUT2D eigenvalue weighted by atomic mass is 9.49. The Bertz CT molecular complexity index is 763. The molecule has 0 atom stereocenters. The molecule has 1 aromatic rings. The van der Waals surface area contributed by atoms with Crippen molar-refractivity contribution in [2.45, 2.75) is 70.3 Å². The third kappa shape index (κ3) is 4.26. The normalized spacial score (nSPS) is 33.0. The van der Waals surface area contributed by atoms with Gasteiger partial charge in [0.1, 0.15) is 5.82 Å². The second kappa shape index (κ2) is 7.97. The zero-order valence-corrected chi connectivity index (χ0v) is 17.7. The molecule has 30 heavy (non-hydrogen) atoms. The minimum Gasteiger partial charge on any atom is -0.353 e. The first kappa shape index (κ1) is 20.0. The van der Waals surface area contributed by atoms with E-state index in [0.717, 1.165) is 36.2 Å². The van der Waals surface area contributed by atoms with E-state index in [4.69, 9.17) is 0 Å². The van der Waals surface area contributed by atoms with Crippen LogP contribution in [0.1, 0.15) is 63.4 Å². The van der Waals surface area contributed by atoms with Crippen molar-refractivity contribution < 1.29 is 14.0 Å². The number of halogens is 1. The first-order valence-corrected chi connectivity index (χ1v) is 11.8. The molecule has 1 N–H and O–H groups in total. The highest BCUT2D eigenvalue weighted by molar-refractivity contribution is 5.79. The summed E-state index contributed by atoms with van der Waals surface area (Å²) in [5.74, 6) is 2.66. The van der Waals surface area contributed by atoms with Gasteiger partial charge in [0, 0.05) is 25.6 Å². The standard InChI is InChI=1S/C25H33FN2O2/c26-21-3-1-17(2-4-21)12-24(30)28-7-5-22(6-8-28)27-23(29)16-25-13-18-9-19(14-25)11-20(10-18)15-25/h1-4,18-20,22H,5-16H2,(H,27,29). The topological polar surface area (TPSA) is 49.4 Å². The predicted molar refractivity (Wildman–Crippen MR) is 113 cm³/mol. The zero-order valence-electron chi connectivity index (χ0n) is 17.7. The lowest BCUT2D eigenvalue weighted by Crippen LogP contribution is -2.50. The molecule has 5 heteroatoms. The summed E-state index contributed by atoms with van der Waals surface area (Å²) in [5, 5.41) is 3.29. The van der Waals surface area contributed by atoms with Gasteiger partial charge in [-0.2, -0.15) is 0 Å². The van der Waals surface area contributed by atoms with E-state index >= 15 is 0 Å². The quantitative estimate of drug-likeness (QED) is 0.792. The first-order chi connectivity index (χ1) is 14.5. The Labute approximate surface area is 178 Å². The van der Waals surface area contributed by atoms with Crippen LogP contribution in [0.4, 0.5) is 4.39 Å². The van der Waals surface area contributed by atoms with Gasteiger partial charge in [0.2, 0.25) is 11.8 Å². The SMILES string of the molecule is O=C(CC12CC3CC(CC(C3)C1)C2)NC1CCN(C(=O)Cc2ccc(F)cc2)CC1. The fourth-order valence-corrected chi connectivity index (χ4v) is 7.29. The van der Waals surface area contributed by atoms with E-state index in [-0.39, 0.29) is 29.1 Å². The highest BCUT2D eigenvalue weighted by Gasteiger charge is 2.51. The van der Waals surface area contributed by atoms with Crippen LogP contribution in [0.25, 0.3) is 0 Å². The summed E-state index contributed by atoms with van der Waals surface area (Å²) in [5.41, 5.74) is 1.12. The zero-order chi connectivity index (χ0) is 20.7. The van der Waals surface area contributed by atoms with Crippen LogP contribution in [0, 0.1) is 29.0 Å². The van der Waals surface area contributed by atoms with E-state index in [1.807, 2.05) is 4.90 Å². The molecule has 0 spiro atoms. The number of hydrogen-bond donors (Lipinski definition) is 1. The number of carbonyl (C=O) groups is 2. The maximum Gasteiger partial charge on any atom is 0.226 e. The number of nitrogens with one attached hydrogen (secondary N) is 1. The van der Waals surface area contributed by atoms with Gasteiger partial charge < -0.3 is 10.2 Å². The van der Waals surface area contributed by atoms with Crippen molar-refractivity contribution in [3.8, 4) is 0 Å². The van der Waals surface area contributed by atoms with Crippen LogP contribution in [-0.2, 0) is 16.0 Å². The molecule has 5 fully saturated rings. The number of nitrogens with zero attached hydrogens (tertiary/aromatic N) is 1. The summed E-state index contributed by atoms with van der Waals surface area (Å²) in [4.78, 5) is 27.3. The minimum atomic E-state index is -0.281. The lowest BCUT2D eigenvalue weighted by Gasteiger charge is -2.56. The van der Waals surface area contributed by atoms with Crippen molar-refractivity contribution in [3.05, 3.63) is 35.6 Å². The van der Waals surface area contributed by atoms with Crippen LogP contribution in [0.5, 0.6) is 0 Å². The van der Waals surface area contributed by atoms with Crippen molar-refractivity contribution in [1.82, 2.24) is 10.2 Å². The molecule has 4 saturated carbocycles. The molecule has 1 aliphatic heterocycles. The van der Waals surface area contributed by atoms with Crippen molar-refractivity contribution in [2.75, 3.05) is 13.1 Å². The summed E-state index contributed by atoms with van der Waals surface area (Å²) in [6.07, 6.45) is 10.7. The van der Waals surface area contributed by atoms with E-state index in [1.54, 1.807) is 12.1 Å². The highest BCUT2D eigenvalue weighted by Crippen LogP contribution is 2.61. The van der Waals surface area contributed by atoms with Gasteiger partial charge in [0.15, 0.2) is 0 Å². The van der Waals surface area contributed by atoms with E-state index < -0.39 is 0 Å². The van der Waals surface area contributed by atoms with E-state index in [2.05, 4.69) is 5.32 Å². The van der Waals surface area contributed by atoms with Crippen molar-refractivity contribution in [3.63, 3.8) is 0 Å². The Kier molecular flexibility index (Phi) is 5.32. The molecule has 1 saturated heterocycles. The molecule has 4 aliphatic carbocycles. The van der Waals surface area contributed by atoms with Crippen LogP contribution in [0.2, 0.25) is 0 Å². The number of carbonyl (C=O) groups excluding carboxylic acids is 2. The van der Waals surface area contributed by atoms with Crippen LogP contribution in [-0.4, -0.2) is 35.8 Å². The second-order valence-electron chi connectivity index (χ2n) is 10.6. The monoisotopic (exact) mass is 412 g/mol. The van der Waals surface area contributed by atoms with Gasteiger partial charge in [-0.15, -0.1) is 0 Å². The molecule has 0 aromatic heterocycles. The fourth-order valence-electron chi connectivity index (χ4n) is 7.29. The molecule has 4 nitrogen and oxygen atoms in total. The number of likely N-dealkylation sites (tertiary alicyclic amines) is 1. The third-order valence-corrected chi connectivity index (χ3v) is 8.18. The molecule has 5 aliphatic rings. The highest BCUT2D eigenvalue weighted by atomic mass is 19.1. The lowest BCUT2D eigenvalue weighted by molar-refractivity contribution is -0.132. The van der Waals surface area contributed by atoms with Gasteiger partial charge in [0.05, 0.1) is 6.42 Å². The Morgan fingerprint density at radius 1 is 0.967 bits per heavy atom. The van der Waals surface area contributed by atoms with Gasteiger partial charge in [-0.25, -0.2) is 4.39 Å². The molecule has 1 heterocycles. The molecule has 0 radical (unpaired) electrons. The number of piperidine rings is 1. The summed E-state index contributed by atoms with van der Waals surface area (Å²) in [6, 6.07) is 6.32. The van der Waals surface area contributed by atoms with Gasteiger partial charge in [-0.1, -0.05) is 12.1 Å². The summed E-state index contributed by atoms with van der Waals surface area (Å²) < 4.78 is 13.0. The molecule has 4 bridgehead atoms. The smallest absolute Gasteiger partial charge is 0.226 e. The molecular weight excluding hydrogens is 379 g/mol. The van der Waals surface area contributed by atoms with Crippen LogP contribution >= 0.6 is 0 Å². The fraction of sp³-hybridized carbons (Fsp3) is 0.680. The molecule has 2 amide bonds. The summed E-state index contributed by atoms with van der Waals surface area (Å²) >= 11 is 0. The number of amides is 2. The Morgan fingerprint density at radius 2 is 1.53 bits per heavy atom. The van der Waals surface area contributed by atoms with E-state index in [9.17, 15) is 14.0 Å². The average Bonchev–Trinajstić information content (AvgIpc) is 2.68. The first-order valence-electron chi connectivity index (χ1n) is 11.8. The van der Waals surface area contributed by atoms with Crippen molar-refractivity contribution >= 4 is 11.8 Å². The van der Waals surface area contributed by atoms with Crippen molar-refractivity contribution in [1.29, 1.82) is 0 Å². The molecule has 1 aromatic carbocycles. The van der Waals surface area contributed by atoms with E-state index in [0.29, 0.717) is 25.9 Å². The Balaban J connectivity index is 1.08. The molecular formula is C25H33FN2O2. The number of hydrogen-bond acceptors (Lipinski definition) is 2. The van der Waals surface area contributed by atoms with Crippen LogP contribution < -0.4 is 5.32 Å². The van der Waals surface area contributed by atoms with Crippen LogP contribution in [0.3, 0.4) is 0 Å². The maximum atomic E-state index is 13.0. The predicted octanol–water partition coefficient (Wildman–Crippen LogP) is 4.08. The number of rotatable bonds is 5. The van der Waals surface area contributed by atoms with Gasteiger partial charge in [0.25, 0.3) is 0 Å². The molecule has 0 unspecified atom stereocenters. The number of benzene rings is 1. The summed E-state index contributed by atoms with van der Waals surface area (Å²) in [7, 11) is 0. The van der Waals surface area contributed by atoms with Gasteiger partial charge in [-0.05, 0) is 92.2 Å². The van der Waals surface area contributed by atoms with Crippen molar-refractivity contribution in [2.24, 2.45) is 23.2 Å². The largest absolute Gasteiger partial charge is 0.353 e. The molecule has 162 valence electrons.